The van der Waals surface area contributed by atoms with Crippen molar-refractivity contribution in [3.05, 3.63) is 33.5 Å². The number of nitrogens with zero attached hydrogens (tertiary/aromatic N) is 3. The molecule has 0 saturated carbocycles. The topological polar surface area (TPSA) is 42.7 Å². The SMILES string of the molecule is CCNC(CCc1ccnn1C)c1sc(C)nc1C. The zero-order valence-corrected chi connectivity index (χ0v) is 12.9. The number of aromatic nitrogens is 3. The van der Waals surface area contributed by atoms with Gasteiger partial charge in [0.05, 0.1) is 10.7 Å². The summed E-state index contributed by atoms with van der Waals surface area (Å²) < 4.78 is 1.95. The first kappa shape index (κ1) is 14.2. The lowest BCUT2D eigenvalue weighted by atomic mass is 10.1. The molecule has 1 N–H and O–H groups in total. The molecule has 0 spiro atoms. The average molecular weight is 278 g/mol. The quantitative estimate of drug-likeness (QED) is 0.883. The van der Waals surface area contributed by atoms with Crippen molar-refractivity contribution < 1.29 is 0 Å². The van der Waals surface area contributed by atoms with Crippen LogP contribution in [0.4, 0.5) is 0 Å². The predicted octanol–water partition coefficient (Wildman–Crippen LogP) is 2.78. The van der Waals surface area contributed by atoms with Crippen molar-refractivity contribution in [3.63, 3.8) is 0 Å². The van der Waals surface area contributed by atoms with Crippen molar-refractivity contribution in [1.29, 1.82) is 0 Å². The lowest BCUT2D eigenvalue weighted by Crippen LogP contribution is -2.21. The Kier molecular flexibility index (Phi) is 4.71. The number of hydrogen-bond donors (Lipinski definition) is 1. The van der Waals surface area contributed by atoms with Crippen molar-refractivity contribution in [2.75, 3.05) is 6.54 Å². The number of nitrogens with one attached hydrogen (secondary N) is 1. The molecule has 0 bridgehead atoms. The van der Waals surface area contributed by atoms with Gasteiger partial charge in [0.2, 0.25) is 0 Å². The monoisotopic (exact) mass is 278 g/mol. The molecule has 4 nitrogen and oxygen atoms in total. The zero-order valence-electron chi connectivity index (χ0n) is 12.1. The zero-order chi connectivity index (χ0) is 13.8. The minimum absolute atomic E-state index is 0.395. The van der Waals surface area contributed by atoms with Gasteiger partial charge in [-0.3, -0.25) is 4.68 Å². The molecule has 1 unspecified atom stereocenters. The molecule has 0 radical (unpaired) electrons. The molecule has 2 heterocycles. The van der Waals surface area contributed by atoms with E-state index in [0.717, 1.165) is 24.4 Å². The third-order valence-electron chi connectivity index (χ3n) is 3.32. The van der Waals surface area contributed by atoms with Crippen LogP contribution >= 0.6 is 11.3 Å². The van der Waals surface area contributed by atoms with E-state index >= 15 is 0 Å². The highest BCUT2D eigenvalue weighted by Crippen LogP contribution is 2.28. The summed E-state index contributed by atoms with van der Waals surface area (Å²) in [4.78, 5) is 5.91. The first-order chi connectivity index (χ1) is 9.11. The predicted molar refractivity (Wildman–Crippen MR) is 79.5 cm³/mol. The minimum Gasteiger partial charge on any atom is -0.309 e. The van der Waals surface area contributed by atoms with Gasteiger partial charge in [0.1, 0.15) is 0 Å². The van der Waals surface area contributed by atoms with E-state index < -0.39 is 0 Å². The summed E-state index contributed by atoms with van der Waals surface area (Å²) in [7, 11) is 2.00. The van der Waals surface area contributed by atoms with Crippen LogP contribution in [0, 0.1) is 13.8 Å². The summed E-state index contributed by atoms with van der Waals surface area (Å²) in [5.41, 5.74) is 2.44. The Balaban J connectivity index is 2.08. The summed E-state index contributed by atoms with van der Waals surface area (Å²) in [6, 6.07) is 2.49. The smallest absolute Gasteiger partial charge is 0.0900 e. The lowest BCUT2D eigenvalue weighted by Gasteiger charge is -2.17. The molecule has 0 aliphatic rings. The van der Waals surface area contributed by atoms with Gasteiger partial charge >= 0.3 is 0 Å². The molecule has 5 heteroatoms. The summed E-state index contributed by atoms with van der Waals surface area (Å²) in [6.45, 7) is 7.31. The Labute approximate surface area is 118 Å². The molecular weight excluding hydrogens is 256 g/mol. The van der Waals surface area contributed by atoms with Crippen LogP contribution in [0.25, 0.3) is 0 Å². The maximum atomic E-state index is 4.54. The Morgan fingerprint density at radius 3 is 2.74 bits per heavy atom. The van der Waals surface area contributed by atoms with Crippen molar-refractivity contribution >= 4 is 11.3 Å². The molecule has 2 aromatic rings. The average Bonchev–Trinajstić information content (AvgIpc) is 2.91. The van der Waals surface area contributed by atoms with E-state index in [2.05, 4.69) is 42.2 Å². The third-order valence-corrected chi connectivity index (χ3v) is 4.50. The molecule has 0 aliphatic heterocycles. The van der Waals surface area contributed by atoms with Crippen LogP contribution in [0.5, 0.6) is 0 Å². The molecule has 104 valence electrons. The second-order valence-corrected chi connectivity index (χ2v) is 6.01. The molecule has 0 aliphatic carbocycles. The normalized spacial score (nSPS) is 12.8. The summed E-state index contributed by atoms with van der Waals surface area (Å²) in [5.74, 6) is 0. The fraction of sp³-hybridized carbons (Fsp3) is 0.571. The van der Waals surface area contributed by atoms with Crippen molar-refractivity contribution in [3.8, 4) is 0 Å². The van der Waals surface area contributed by atoms with E-state index in [-0.39, 0.29) is 0 Å². The number of hydrogen-bond acceptors (Lipinski definition) is 4. The van der Waals surface area contributed by atoms with E-state index in [0.29, 0.717) is 6.04 Å². The minimum atomic E-state index is 0.395. The van der Waals surface area contributed by atoms with Crippen molar-refractivity contribution in [2.24, 2.45) is 7.05 Å². The molecule has 0 fully saturated rings. The largest absolute Gasteiger partial charge is 0.309 e. The van der Waals surface area contributed by atoms with Gasteiger partial charge in [-0.1, -0.05) is 6.92 Å². The highest BCUT2D eigenvalue weighted by molar-refractivity contribution is 7.11. The Morgan fingerprint density at radius 1 is 1.42 bits per heavy atom. The number of thiazole rings is 1. The van der Waals surface area contributed by atoms with Gasteiger partial charge < -0.3 is 5.32 Å². The first-order valence-electron chi connectivity index (χ1n) is 6.76. The van der Waals surface area contributed by atoms with Gasteiger partial charge in [-0.05, 0) is 39.3 Å². The third kappa shape index (κ3) is 3.42. The van der Waals surface area contributed by atoms with Crippen molar-refractivity contribution in [1.82, 2.24) is 20.1 Å². The van der Waals surface area contributed by atoms with Crippen LogP contribution < -0.4 is 5.32 Å². The van der Waals surface area contributed by atoms with Gasteiger partial charge in [0.25, 0.3) is 0 Å². The Morgan fingerprint density at radius 2 is 2.21 bits per heavy atom. The molecule has 19 heavy (non-hydrogen) atoms. The van der Waals surface area contributed by atoms with Crippen LogP contribution in [0.3, 0.4) is 0 Å². The van der Waals surface area contributed by atoms with E-state index in [1.54, 1.807) is 0 Å². The second-order valence-electron chi connectivity index (χ2n) is 4.78. The Hall–Kier alpha value is -1.20. The highest BCUT2D eigenvalue weighted by atomic mass is 32.1. The standard InChI is InChI=1S/C14H22N4S/c1-5-15-13(14-10(2)17-11(3)19-14)7-6-12-8-9-16-18(12)4/h8-9,13,15H,5-7H2,1-4H3. The van der Waals surface area contributed by atoms with E-state index in [1.165, 1.54) is 16.3 Å². The maximum Gasteiger partial charge on any atom is 0.0900 e. The summed E-state index contributed by atoms with van der Waals surface area (Å²) in [5, 5.41) is 8.95. The van der Waals surface area contributed by atoms with E-state index in [9.17, 15) is 0 Å². The van der Waals surface area contributed by atoms with Gasteiger partial charge in [0.15, 0.2) is 0 Å². The fourth-order valence-electron chi connectivity index (χ4n) is 2.38. The van der Waals surface area contributed by atoms with Crippen molar-refractivity contribution in [2.45, 2.75) is 39.7 Å². The van der Waals surface area contributed by atoms with Gasteiger partial charge in [0, 0.05) is 29.9 Å². The number of rotatable bonds is 6. The van der Waals surface area contributed by atoms with E-state index in [1.807, 2.05) is 29.3 Å². The van der Waals surface area contributed by atoms with Crippen LogP contribution in [0.2, 0.25) is 0 Å². The highest BCUT2D eigenvalue weighted by Gasteiger charge is 2.17. The molecule has 0 amide bonds. The van der Waals surface area contributed by atoms with Gasteiger partial charge in [-0.2, -0.15) is 5.10 Å². The molecule has 2 rings (SSSR count). The Bertz CT molecular complexity index is 529. The molecule has 0 aromatic carbocycles. The molecule has 0 saturated heterocycles. The van der Waals surface area contributed by atoms with Crippen LogP contribution in [-0.4, -0.2) is 21.3 Å². The summed E-state index contributed by atoms with van der Waals surface area (Å²) >= 11 is 1.81. The summed E-state index contributed by atoms with van der Waals surface area (Å²) in [6.07, 6.45) is 3.97. The lowest BCUT2D eigenvalue weighted by molar-refractivity contribution is 0.510. The maximum absolute atomic E-state index is 4.54. The number of aryl methyl sites for hydroxylation is 4. The van der Waals surface area contributed by atoms with Crippen LogP contribution in [0.1, 0.15) is 40.7 Å². The van der Waals surface area contributed by atoms with Gasteiger partial charge in [-0.25, -0.2) is 4.98 Å². The van der Waals surface area contributed by atoms with E-state index in [4.69, 9.17) is 0 Å². The van der Waals surface area contributed by atoms with Crippen LogP contribution in [0.15, 0.2) is 12.3 Å². The fourth-order valence-corrected chi connectivity index (χ4v) is 3.42. The van der Waals surface area contributed by atoms with Crippen LogP contribution in [-0.2, 0) is 13.5 Å². The molecular formula is C14H22N4S. The van der Waals surface area contributed by atoms with Gasteiger partial charge in [-0.15, -0.1) is 11.3 Å². The molecule has 1 atom stereocenters. The molecule has 2 aromatic heterocycles. The first-order valence-corrected chi connectivity index (χ1v) is 7.57. The second kappa shape index (κ2) is 6.30.